The molecule has 2 unspecified atom stereocenters. The van der Waals surface area contributed by atoms with Crippen molar-refractivity contribution in [1.82, 2.24) is 9.80 Å². The first kappa shape index (κ1) is 28.0. The number of carbonyl (C=O) groups is 4. The van der Waals surface area contributed by atoms with Gasteiger partial charge in [0.05, 0.1) is 25.0 Å². The van der Waals surface area contributed by atoms with Crippen LogP contribution in [-0.4, -0.2) is 82.2 Å². The van der Waals surface area contributed by atoms with E-state index in [1.807, 2.05) is 0 Å². The van der Waals surface area contributed by atoms with E-state index < -0.39 is 62.1 Å². The van der Waals surface area contributed by atoms with Crippen LogP contribution < -0.4 is 69.3 Å². The van der Waals surface area contributed by atoms with Gasteiger partial charge in [0, 0.05) is 25.2 Å². The Kier molecular flexibility index (Phi) is 15.0. The van der Waals surface area contributed by atoms with Gasteiger partial charge in [-0.15, -0.1) is 0 Å². The third-order valence-electron chi connectivity index (χ3n) is 3.97. The van der Waals surface area contributed by atoms with Crippen molar-refractivity contribution in [1.29, 1.82) is 0 Å². The van der Waals surface area contributed by atoms with Crippen molar-refractivity contribution < 1.29 is 98.7 Å². The van der Waals surface area contributed by atoms with Gasteiger partial charge in [0.2, 0.25) is 0 Å². The molecule has 0 spiro atoms. The molecule has 0 saturated heterocycles. The topological polar surface area (TPSA) is 161 Å². The smallest absolute Gasteiger partial charge is 0.549 e. The summed E-state index contributed by atoms with van der Waals surface area (Å²) in [7, 11) is 0. The first-order valence-corrected chi connectivity index (χ1v) is 7.52. The van der Waals surface area contributed by atoms with E-state index in [0.717, 1.165) is 4.90 Å². The van der Waals surface area contributed by atoms with Crippen molar-refractivity contribution in [2.24, 2.45) is 0 Å². The predicted molar refractivity (Wildman–Crippen MR) is 74.5 cm³/mol. The summed E-state index contributed by atoms with van der Waals surface area (Å²) in [6.45, 7) is -2.36. The van der Waals surface area contributed by atoms with Crippen molar-refractivity contribution in [3.8, 4) is 0 Å². The average molecular weight is 390 g/mol. The number of carbonyl (C=O) groups excluding carboxylic acids is 2. The number of rotatable bonds is 10. The fraction of sp³-hybridized carbons (Fsp3) is 0.714. The van der Waals surface area contributed by atoms with Gasteiger partial charge >= 0.3 is 71.1 Å². The summed E-state index contributed by atoms with van der Waals surface area (Å²) < 4.78 is 0. The number of hydrogen-bond donors (Lipinski definition) is 2. The summed E-state index contributed by atoms with van der Waals surface area (Å²) >= 11 is 0. The molecular weight excluding hydrogens is 370 g/mol. The van der Waals surface area contributed by atoms with Crippen molar-refractivity contribution >= 4 is 23.9 Å². The number of carboxylic acids is 4. The summed E-state index contributed by atoms with van der Waals surface area (Å²) in [4.78, 5) is 46.2. The van der Waals surface area contributed by atoms with E-state index >= 15 is 0 Å². The van der Waals surface area contributed by atoms with Gasteiger partial charge < -0.3 is 30.0 Å². The van der Waals surface area contributed by atoms with Crippen LogP contribution in [0, 0.1) is 0 Å². The molecule has 0 bridgehead atoms. The van der Waals surface area contributed by atoms with Gasteiger partial charge in [-0.2, -0.15) is 0 Å². The third kappa shape index (κ3) is 10.2. The molecule has 26 heavy (non-hydrogen) atoms. The summed E-state index contributed by atoms with van der Waals surface area (Å²) in [6, 6.07) is -1.18. The molecule has 0 amide bonds. The molecule has 1 fully saturated rings. The Morgan fingerprint density at radius 3 is 1.31 bits per heavy atom. The second kappa shape index (κ2) is 13.9. The largest absolute Gasteiger partial charge is 1.00 e. The second-order valence-electron chi connectivity index (χ2n) is 5.76. The molecule has 0 heterocycles. The van der Waals surface area contributed by atoms with Crippen molar-refractivity contribution in [2.45, 2.75) is 37.8 Å². The summed E-state index contributed by atoms with van der Waals surface area (Å²) in [5.41, 5.74) is 0. The molecule has 10 nitrogen and oxygen atoms in total. The molecule has 1 aliphatic carbocycles. The molecule has 2 N–H and O–H groups in total. The quantitative estimate of drug-likeness (QED) is 0.343. The predicted octanol–water partition coefficient (Wildman–Crippen LogP) is -9.42. The van der Waals surface area contributed by atoms with Crippen LogP contribution in [0.25, 0.3) is 0 Å². The van der Waals surface area contributed by atoms with Crippen LogP contribution in [0.1, 0.15) is 25.7 Å². The van der Waals surface area contributed by atoms with E-state index in [4.69, 9.17) is 10.2 Å². The zero-order valence-electron chi connectivity index (χ0n) is 15.0. The Morgan fingerprint density at radius 1 is 0.731 bits per heavy atom. The zero-order chi connectivity index (χ0) is 18.3. The molecule has 2 atom stereocenters. The van der Waals surface area contributed by atoms with E-state index in [2.05, 4.69) is 0 Å². The average Bonchev–Trinajstić information content (AvgIpc) is 2.44. The van der Waals surface area contributed by atoms with Crippen LogP contribution in [0.2, 0.25) is 0 Å². The fourth-order valence-corrected chi connectivity index (χ4v) is 3.20. The Balaban J connectivity index is 0. The van der Waals surface area contributed by atoms with Crippen LogP contribution in [0.5, 0.6) is 0 Å². The first-order chi connectivity index (χ1) is 11.2. The van der Waals surface area contributed by atoms with E-state index in [1.54, 1.807) is 0 Å². The maximum atomic E-state index is 11.0. The SMILES string of the molecule is O=C([O-])CN(CC(=O)[O-])C1CCCCC1N(CC(=O)O)CC(=O)O.[Na+].[Na+]. The molecule has 0 radical (unpaired) electrons. The van der Waals surface area contributed by atoms with Crippen LogP contribution in [-0.2, 0) is 19.2 Å². The Bertz CT molecular complexity index is 429. The van der Waals surface area contributed by atoms with Crippen LogP contribution in [0.4, 0.5) is 0 Å². The van der Waals surface area contributed by atoms with Crippen molar-refractivity contribution in [3.05, 3.63) is 0 Å². The van der Waals surface area contributed by atoms with Crippen LogP contribution in [0.3, 0.4) is 0 Å². The molecule has 0 aromatic heterocycles. The third-order valence-corrected chi connectivity index (χ3v) is 3.97. The first-order valence-electron chi connectivity index (χ1n) is 7.52. The molecular formula is C14H20N2Na2O8. The number of aliphatic carboxylic acids is 4. The summed E-state index contributed by atoms with van der Waals surface area (Å²) in [6.07, 6.45) is 2.29. The minimum Gasteiger partial charge on any atom is -0.549 e. The number of hydrogen-bond acceptors (Lipinski definition) is 8. The van der Waals surface area contributed by atoms with E-state index in [1.165, 1.54) is 4.90 Å². The summed E-state index contributed by atoms with van der Waals surface area (Å²) in [5, 5.41) is 39.8. The van der Waals surface area contributed by atoms with Gasteiger partial charge in [0.1, 0.15) is 0 Å². The maximum absolute atomic E-state index is 11.0. The molecule has 0 aliphatic heterocycles. The number of carboxylic acid groups (broad SMARTS) is 4. The molecule has 0 aromatic carbocycles. The van der Waals surface area contributed by atoms with Gasteiger partial charge in [0.25, 0.3) is 0 Å². The monoisotopic (exact) mass is 390 g/mol. The van der Waals surface area contributed by atoms with Crippen LogP contribution in [0.15, 0.2) is 0 Å². The summed E-state index contributed by atoms with van der Waals surface area (Å²) in [5.74, 6) is -5.37. The molecule has 12 heteroatoms. The van der Waals surface area contributed by atoms with Crippen LogP contribution >= 0.6 is 0 Å². The minimum absolute atomic E-state index is 0. The van der Waals surface area contributed by atoms with E-state index in [-0.39, 0.29) is 59.1 Å². The van der Waals surface area contributed by atoms with E-state index in [0.29, 0.717) is 25.7 Å². The minimum atomic E-state index is -1.47. The van der Waals surface area contributed by atoms with Crippen molar-refractivity contribution in [2.75, 3.05) is 26.2 Å². The maximum Gasteiger partial charge on any atom is 1.00 e. The van der Waals surface area contributed by atoms with E-state index in [9.17, 15) is 29.4 Å². The number of nitrogens with zero attached hydrogens (tertiary/aromatic N) is 2. The molecule has 1 rings (SSSR count). The van der Waals surface area contributed by atoms with Gasteiger partial charge in [-0.05, 0) is 12.8 Å². The van der Waals surface area contributed by atoms with Gasteiger partial charge in [-0.1, -0.05) is 12.8 Å². The Labute approximate surface area is 195 Å². The van der Waals surface area contributed by atoms with Crippen molar-refractivity contribution in [3.63, 3.8) is 0 Å². The normalized spacial score (nSPS) is 19.3. The molecule has 0 aromatic rings. The van der Waals surface area contributed by atoms with Gasteiger partial charge in [-0.25, -0.2) is 0 Å². The Hall–Kier alpha value is -0.200. The molecule has 1 saturated carbocycles. The zero-order valence-corrected chi connectivity index (χ0v) is 19.0. The fourth-order valence-electron chi connectivity index (χ4n) is 3.20. The second-order valence-corrected chi connectivity index (χ2v) is 5.76. The Morgan fingerprint density at radius 2 is 1.04 bits per heavy atom. The molecule has 136 valence electrons. The standard InChI is InChI=1S/C14H22N2O8.2Na/c17-11(18)5-15(6-12(19)20)9-3-1-2-4-10(9)16(7-13(21)22)8-14(23)24;;/h9-10H,1-8H2,(H,17,18)(H,19,20)(H,21,22)(H,23,24);;/q;2*+1/p-2. The molecule has 1 aliphatic rings. The van der Waals surface area contributed by atoms with Gasteiger partial charge in [0.15, 0.2) is 0 Å². The van der Waals surface area contributed by atoms with Gasteiger partial charge in [-0.3, -0.25) is 19.4 Å².